The van der Waals surface area contributed by atoms with Crippen LogP contribution >= 0.6 is 15.9 Å². The minimum absolute atomic E-state index is 0.178. The Balaban J connectivity index is 2.06. The summed E-state index contributed by atoms with van der Waals surface area (Å²) in [4.78, 5) is 22.9. The number of aryl methyl sites for hydroxylation is 2. The predicted molar refractivity (Wildman–Crippen MR) is 96.1 cm³/mol. The third-order valence-electron chi connectivity index (χ3n) is 3.53. The highest BCUT2D eigenvalue weighted by molar-refractivity contribution is 9.10. The maximum absolute atomic E-state index is 12.1. The zero-order chi connectivity index (χ0) is 17.7. The molecule has 0 unspecified atom stereocenters. The van der Waals surface area contributed by atoms with E-state index in [4.69, 9.17) is 9.47 Å². The van der Waals surface area contributed by atoms with Gasteiger partial charge >= 0.3 is 0 Å². The largest absolute Gasteiger partial charge is 0.493 e. The summed E-state index contributed by atoms with van der Waals surface area (Å²) in [5.41, 5.74) is 3.43. The maximum atomic E-state index is 12.1. The first-order valence-corrected chi connectivity index (χ1v) is 8.06. The zero-order valence-corrected chi connectivity index (χ0v) is 15.3. The molecule has 24 heavy (non-hydrogen) atoms. The monoisotopic (exact) mass is 391 g/mol. The molecule has 0 bridgehead atoms. The SMILES string of the molecule is COc1cc(C=O)cc(Br)c1OCC(=O)Nc1ccc(C)c(C)c1. The van der Waals surface area contributed by atoms with Gasteiger partial charge in [-0.15, -0.1) is 0 Å². The molecule has 0 radical (unpaired) electrons. The highest BCUT2D eigenvalue weighted by Crippen LogP contribution is 2.36. The Kier molecular flexibility index (Phi) is 5.98. The summed E-state index contributed by atoms with van der Waals surface area (Å²) in [6, 6.07) is 8.85. The summed E-state index contributed by atoms with van der Waals surface area (Å²) in [7, 11) is 1.47. The smallest absolute Gasteiger partial charge is 0.262 e. The highest BCUT2D eigenvalue weighted by atomic mass is 79.9. The molecule has 126 valence electrons. The van der Waals surface area contributed by atoms with Crippen molar-refractivity contribution in [2.75, 3.05) is 19.0 Å². The first-order valence-electron chi connectivity index (χ1n) is 7.27. The lowest BCUT2D eigenvalue weighted by molar-refractivity contribution is -0.118. The number of carbonyl (C=O) groups is 2. The molecule has 2 aromatic carbocycles. The molecule has 0 spiro atoms. The van der Waals surface area contributed by atoms with Crippen molar-refractivity contribution in [3.05, 3.63) is 51.5 Å². The summed E-state index contributed by atoms with van der Waals surface area (Å²) >= 11 is 3.32. The van der Waals surface area contributed by atoms with Gasteiger partial charge in [0.2, 0.25) is 0 Å². The molecule has 0 atom stereocenters. The topological polar surface area (TPSA) is 64.6 Å². The highest BCUT2D eigenvalue weighted by Gasteiger charge is 2.13. The van der Waals surface area contributed by atoms with E-state index in [0.29, 0.717) is 33.5 Å². The Hall–Kier alpha value is -2.34. The van der Waals surface area contributed by atoms with Gasteiger partial charge < -0.3 is 14.8 Å². The van der Waals surface area contributed by atoms with Crippen LogP contribution in [-0.4, -0.2) is 25.9 Å². The minimum Gasteiger partial charge on any atom is -0.493 e. The molecule has 2 rings (SSSR count). The van der Waals surface area contributed by atoms with Crippen molar-refractivity contribution in [1.82, 2.24) is 0 Å². The van der Waals surface area contributed by atoms with E-state index in [1.165, 1.54) is 7.11 Å². The van der Waals surface area contributed by atoms with E-state index in [2.05, 4.69) is 21.2 Å². The number of benzene rings is 2. The molecule has 0 heterocycles. The quantitative estimate of drug-likeness (QED) is 0.758. The van der Waals surface area contributed by atoms with E-state index >= 15 is 0 Å². The minimum atomic E-state index is -0.285. The van der Waals surface area contributed by atoms with Gasteiger partial charge in [-0.1, -0.05) is 6.07 Å². The lowest BCUT2D eigenvalue weighted by Gasteiger charge is -2.13. The lowest BCUT2D eigenvalue weighted by Crippen LogP contribution is -2.20. The second kappa shape index (κ2) is 7.97. The molecule has 0 aliphatic heterocycles. The van der Waals surface area contributed by atoms with Gasteiger partial charge in [-0.05, 0) is 65.2 Å². The number of nitrogens with one attached hydrogen (secondary N) is 1. The van der Waals surface area contributed by atoms with Crippen LogP contribution in [0.15, 0.2) is 34.8 Å². The van der Waals surface area contributed by atoms with Gasteiger partial charge in [0.25, 0.3) is 5.91 Å². The second-order valence-electron chi connectivity index (χ2n) is 5.29. The Morgan fingerprint density at radius 1 is 1.21 bits per heavy atom. The summed E-state index contributed by atoms with van der Waals surface area (Å²) in [6.45, 7) is 3.82. The number of rotatable bonds is 6. The summed E-state index contributed by atoms with van der Waals surface area (Å²) < 4.78 is 11.3. The fourth-order valence-corrected chi connectivity index (χ4v) is 2.68. The third kappa shape index (κ3) is 4.35. The Bertz CT molecular complexity index is 774. The average molecular weight is 392 g/mol. The van der Waals surface area contributed by atoms with Crippen molar-refractivity contribution in [3.8, 4) is 11.5 Å². The first-order chi connectivity index (χ1) is 11.4. The van der Waals surface area contributed by atoms with Crippen LogP contribution in [0.4, 0.5) is 5.69 Å². The number of halogens is 1. The van der Waals surface area contributed by atoms with Gasteiger partial charge in [0.15, 0.2) is 18.1 Å². The molecule has 6 heteroatoms. The number of anilines is 1. The predicted octanol–water partition coefficient (Wildman–Crippen LogP) is 3.90. The zero-order valence-electron chi connectivity index (χ0n) is 13.7. The Labute approximate surface area is 149 Å². The number of hydrogen-bond donors (Lipinski definition) is 1. The summed E-state index contributed by atoms with van der Waals surface area (Å²) in [6.07, 6.45) is 0.712. The van der Waals surface area contributed by atoms with Gasteiger partial charge in [-0.3, -0.25) is 9.59 Å². The van der Waals surface area contributed by atoms with Crippen molar-refractivity contribution >= 4 is 33.8 Å². The maximum Gasteiger partial charge on any atom is 0.262 e. The van der Waals surface area contributed by atoms with Crippen molar-refractivity contribution in [1.29, 1.82) is 0 Å². The lowest BCUT2D eigenvalue weighted by atomic mass is 10.1. The van der Waals surface area contributed by atoms with E-state index in [9.17, 15) is 9.59 Å². The number of carbonyl (C=O) groups excluding carboxylic acids is 2. The van der Waals surface area contributed by atoms with E-state index in [1.54, 1.807) is 12.1 Å². The number of hydrogen-bond acceptors (Lipinski definition) is 4. The van der Waals surface area contributed by atoms with E-state index in [0.717, 1.165) is 11.1 Å². The molecule has 5 nitrogen and oxygen atoms in total. The molecule has 1 N–H and O–H groups in total. The van der Waals surface area contributed by atoms with Gasteiger partial charge in [0.1, 0.15) is 6.29 Å². The molecule has 0 saturated heterocycles. The molecular formula is C18H18BrNO4. The van der Waals surface area contributed by atoms with E-state index in [1.807, 2.05) is 32.0 Å². The average Bonchev–Trinajstić information content (AvgIpc) is 2.56. The van der Waals surface area contributed by atoms with Crippen molar-refractivity contribution < 1.29 is 19.1 Å². The third-order valence-corrected chi connectivity index (χ3v) is 4.12. The van der Waals surface area contributed by atoms with Crippen LogP contribution in [0, 0.1) is 13.8 Å². The Morgan fingerprint density at radius 3 is 2.58 bits per heavy atom. The molecule has 0 saturated carbocycles. The number of ether oxygens (including phenoxy) is 2. The molecular weight excluding hydrogens is 374 g/mol. The molecule has 2 aromatic rings. The number of methoxy groups -OCH3 is 1. The standard InChI is InChI=1S/C18H18BrNO4/c1-11-4-5-14(6-12(11)2)20-17(22)10-24-18-15(19)7-13(9-21)8-16(18)23-3/h4-9H,10H2,1-3H3,(H,20,22). The van der Waals surface area contributed by atoms with Crippen LogP contribution in [-0.2, 0) is 4.79 Å². The molecule has 1 amide bonds. The molecule has 0 fully saturated rings. The summed E-state index contributed by atoms with van der Waals surface area (Å²) in [5, 5.41) is 2.78. The van der Waals surface area contributed by atoms with Crippen molar-refractivity contribution in [2.45, 2.75) is 13.8 Å². The van der Waals surface area contributed by atoms with Crippen LogP contribution in [0.1, 0.15) is 21.5 Å². The van der Waals surface area contributed by atoms with Crippen LogP contribution in [0.25, 0.3) is 0 Å². The van der Waals surface area contributed by atoms with Crippen molar-refractivity contribution in [2.24, 2.45) is 0 Å². The van der Waals surface area contributed by atoms with Crippen LogP contribution in [0.5, 0.6) is 11.5 Å². The van der Waals surface area contributed by atoms with E-state index < -0.39 is 0 Å². The van der Waals surface area contributed by atoms with Gasteiger partial charge in [-0.25, -0.2) is 0 Å². The van der Waals surface area contributed by atoms with E-state index in [-0.39, 0.29) is 12.5 Å². The van der Waals surface area contributed by atoms with Gasteiger partial charge in [0.05, 0.1) is 11.6 Å². The number of amides is 1. The normalized spacial score (nSPS) is 10.2. The fourth-order valence-electron chi connectivity index (χ4n) is 2.10. The van der Waals surface area contributed by atoms with Gasteiger partial charge in [-0.2, -0.15) is 0 Å². The van der Waals surface area contributed by atoms with Crippen LogP contribution in [0.3, 0.4) is 0 Å². The number of aldehydes is 1. The van der Waals surface area contributed by atoms with Crippen molar-refractivity contribution in [3.63, 3.8) is 0 Å². The van der Waals surface area contributed by atoms with Crippen LogP contribution < -0.4 is 14.8 Å². The molecule has 0 aliphatic rings. The fraction of sp³-hybridized carbons (Fsp3) is 0.222. The van der Waals surface area contributed by atoms with Gasteiger partial charge in [0, 0.05) is 11.3 Å². The summed E-state index contributed by atoms with van der Waals surface area (Å²) in [5.74, 6) is 0.468. The second-order valence-corrected chi connectivity index (χ2v) is 6.14. The Morgan fingerprint density at radius 2 is 1.96 bits per heavy atom. The van der Waals surface area contributed by atoms with Crippen LogP contribution in [0.2, 0.25) is 0 Å². The molecule has 0 aromatic heterocycles. The first kappa shape index (κ1) is 18.0. The molecule has 0 aliphatic carbocycles.